The van der Waals surface area contributed by atoms with Crippen LogP contribution in [0.15, 0.2) is 29.3 Å². The highest BCUT2D eigenvalue weighted by atomic mass is 32.1. The van der Waals surface area contributed by atoms with Crippen LogP contribution in [-0.2, 0) is 0 Å². The number of benzene rings is 1. The Morgan fingerprint density at radius 1 is 1.27 bits per heavy atom. The summed E-state index contributed by atoms with van der Waals surface area (Å²) in [4.78, 5) is 3.15. The van der Waals surface area contributed by atoms with Crippen LogP contribution in [0.1, 0.15) is 5.56 Å². The lowest BCUT2D eigenvalue weighted by molar-refractivity contribution is 1.25. The summed E-state index contributed by atoms with van der Waals surface area (Å²) in [7, 11) is 0. The number of fused-ring (bicyclic) bond motifs is 1. The molecule has 0 amide bonds. The number of aryl methyl sites for hydroxylation is 1. The van der Waals surface area contributed by atoms with Gasteiger partial charge >= 0.3 is 0 Å². The van der Waals surface area contributed by atoms with Gasteiger partial charge in [-0.1, -0.05) is 11.6 Å². The quantitative estimate of drug-likeness (QED) is 0.555. The van der Waals surface area contributed by atoms with E-state index in [1.54, 1.807) is 0 Å². The standard InChI is InChI=1S/C9H9NS/c1-6-2-3-8-7(4-6)5-9(11)10-8/h2-5,10-11H,1H3. The molecule has 0 aliphatic rings. The predicted octanol–water partition coefficient (Wildman–Crippen LogP) is 2.77. The summed E-state index contributed by atoms with van der Waals surface area (Å²) in [5.74, 6) is 0. The van der Waals surface area contributed by atoms with Crippen LogP contribution in [0.2, 0.25) is 0 Å². The van der Waals surface area contributed by atoms with E-state index >= 15 is 0 Å². The van der Waals surface area contributed by atoms with Crippen molar-refractivity contribution in [2.45, 2.75) is 11.9 Å². The van der Waals surface area contributed by atoms with E-state index in [1.807, 2.05) is 6.07 Å². The number of thiol groups is 1. The highest BCUT2D eigenvalue weighted by molar-refractivity contribution is 7.80. The molecule has 2 heteroatoms. The van der Waals surface area contributed by atoms with Crippen molar-refractivity contribution in [2.75, 3.05) is 0 Å². The minimum Gasteiger partial charge on any atom is -0.350 e. The van der Waals surface area contributed by atoms with Crippen molar-refractivity contribution in [1.82, 2.24) is 4.98 Å². The van der Waals surface area contributed by atoms with Crippen molar-refractivity contribution in [3.05, 3.63) is 29.8 Å². The molecule has 0 spiro atoms. The van der Waals surface area contributed by atoms with Gasteiger partial charge in [0.2, 0.25) is 0 Å². The molecule has 1 nitrogen and oxygen atoms in total. The fourth-order valence-electron chi connectivity index (χ4n) is 1.24. The molecule has 0 fully saturated rings. The molecule has 2 rings (SSSR count). The highest BCUT2D eigenvalue weighted by Gasteiger charge is 1.95. The molecule has 1 heterocycles. The van der Waals surface area contributed by atoms with Crippen molar-refractivity contribution in [1.29, 1.82) is 0 Å². The Morgan fingerprint density at radius 2 is 2.09 bits per heavy atom. The van der Waals surface area contributed by atoms with Gasteiger partial charge in [0.1, 0.15) is 0 Å². The van der Waals surface area contributed by atoms with Crippen LogP contribution in [0.25, 0.3) is 10.9 Å². The van der Waals surface area contributed by atoms with E-state index in [0.717, 1.165) is 10.5 Å². The normalized spacial score (nSPS) is 10.7. The van der Waals surface area contributed by atoms with Crippen molar-refractivity contribution >= 4 is 23.5 Å². The van der Waals surface area contributed by atoms with Crippen LogP contribution in [0.3, 0.4) is 0 Å². The third kappa shape index (κ3) is 1.14. The van der Waals surface area contributed by atoms with Gasteiger partial charge in [0.25, 0.3) is 0 Å². The van der Waals surface area contributed by atoms with Crippen LogP contribution in [0.5, 0.6) is 0 Å². The molecule has 0 bridgehead atoms. The number of hydrogen-bond donors (Lipinski definition) is 2. The molecular weight excluding hydrogens is 154 g/mol. The second kappa shape index (κ2) is 2.31. The largest absolute Gasteiger partial charge is 0.350 e. The van der Waals surface area contributed by atoms with Gasteiger partial charge in [-0.25, -0.2) is 0 Å². The molecule has 0 aliphatic carbocycles. The van der Waals surface area contributed by atoms with Crippen molar-refractivity contribution in [3.8, 4) is 0 Å². The first-order valence-corrected chi connectivity index (χ1v) is 3.99. The van der Waals surface area contributed by atoms with Gasteiger partial charge in [-0.3, -0.25) is 0 Å². The molecule has 11 heavy (non-hydrogen) atoms. The van der Waals surface area contributed by atoms with Crippen LogP contribution in [0, 0.1) is 6.92 Å². The van der Waals surface area contributed by atoms with Crippen LogP contribution < -0.4 is 0 Å². The van der Waals surface area contributed by atoms with E-state index < -0.39 is 0 Å². The third-order valence-corrected chi connectivity index (χ3v) is 2.00. The summed E-state index contributed by atoms with van der Waals surface area (Å²) in [5.41, 5.74) is 2.44. The van der Waals surface area contributed by atoms with E-state index in [1.165, 1.54) is 10.9 Å². The zero-order chi connectivity index (χ0) is 7.84. The van der Waals surface area contributed by atoms with Gasteiger partial charge in [-0.05, 0) is 25.1 Å². The molecule has 0 aliphatic heterocycles. The number of H-pyrrole nitrogens is 1. The van der Waals surface area contributed by atoms with Crippen LogP contribution in [-0.4, -0.2) is 4.98 Å². The molecule has 56 valence electrons. The van der Waals surface area contributed by atoms with Gasteiger partial charge in [-0.15, -0.1) is 12.6 Å². The smallest absolute Gasteiger partial charge is 0.0701 e. The lowest BCUT2D eigenvalue weighted by Gasteiger charge is -1.90. The van der Waals surface area contributed by atoms with E-state index in [0.29, 0.717) is 0 Å². The summed E-state index contributed by atoms with van der Waals surface area (Å²) in [6.45, 7) is 2.09. The number of nitrogens with one attached hydrogen (secondary N) is 1. The van der Waals surface area contributed by atoms with Gasteiger partial charge in [0.15, 0.2) is 0 Å². The first-order valence-electron chi connectivity index (χ1n) is 3.54. The molecule has 0 saturated heterocycles. The lowest BCUT2D eigenvalue weighted by Crippen LogP contribution is -1.70. The monoisotopic (exact) mass is 163 g/mol. The average Bonchev–Trinajstić information content (AvgIpc) is 2.27. The molecule has 1 aromatic carbocycles. The van der Waals surface area contributed by atoms with E-state index in [4.69, 9.17) is 0 Å². The molecule has 0 unspecified atom stereocenters. The molecule has 0 atom stereocenters. The summed E-state index contributed by atoms with van der Waals surface area (Å²) in [5, 5.41) is 2.15. The SMILES string of the molecule is Cc1ccc2[nH]c(S)cc2c1. The van der Waals surface area contributed by atoms with E-state index in [2.05, 4.69) is 42.7 Å². The Labute approximate surface area is 70.8 Å². The predicted molar refractivity (Wildman–Crippen MR) is 50.3 cm³/mol. The number of rotatable bonds is 0. The van der Waals surface area contributed by atoms with E-state index in [-0.39, 0.29) is 0 Å². The maximum atomic E-state index is 4.22. The van der Waals surface area contributed by atoms with Crippen molar-refractivity contribution in [3.63, 3.8) is 0 Å². The fourth-order valence-corrected chi connectivity index (χ4v) is 1.50. The summed E-state index contributed by atoms with van der Waals surface area (Å²) >= 11 is 4.22. The van der Waals surface area contributed by atoms with Gasteiger partial charge in [0.05, 0.1) is 5.03 Å². The molecule has 1 aromatic heterocycles. The molecular formula is C9H9NS. The topological polar surface area (TPSA) is 15.8 Å². The Hall–Kier alpha value is -0.890. The van der Waals surface area contributed by atoms with Crippen LogP contribution >= 0.6 is 12.6 Å². The Bertz CT molecular complexity index is 389. The first-order chi connectivity index (χ1) is 5.25. The molecule has 0 saturated carbocycles. The zero-order valence-corrected chi connectivity index (χ0v) is 7.15. The van der Waals surface area contributed by atoms with Crippen LogP contribution in [0.4, 0.5) is 0 Å². The Kier molecular flexibility index (Phi) is 1.43. The Morgan fingerprint density at radius 3 is 2.91 bits per heavy atom. The maximum Gasteiger partial charge on any atom is 0.0701 e. The minimum atomic E-state index is 0.922. The summed E-state index contributed by atoms with van der Waals surface area (Å²) in [6, 6.07) is 8.34. The van der Waals surface area contributed by atoms with Gasteiger partial charge in [0, 0.05) is 10.9 Å². The Balaban J connectivity index is 2.82. The summed E-state index contributed by atoms with van der Waals surface area (Å²) in [6.07, 6.45) is 0. The third-order valence-electron chi connectivity index (χ3n) is 1.76. The highest BCUT2D eigenvalue weighted by Crippen LogP contribution is 2.18. The summed E-state index contributed by atoms with van der Waals surface area (Å²) < 4.78 is 0. The van der Waals surface area contributed by atoms with Gasteiger partial charge < -0.3 is 4.98 Å². The average molecular weight is 163 g/mol. The number of aromatic amines is 1. The van der Waals surface area contributed by atoms with Crippen molar-refractivity contribution in [2.24, 2.45) is 0 Å². The minimum absolute atomic E-state index is 0.922. The second-order valence-electron chi connectivity index (χ2n) is 2.75. The number of hydrogen-bond acceptors (Lipinski definition) is 1. The molecule has 1 N–H and O–H groups in total. The molecule has 2 aromatic rings. The number of aromatic nitrogens is 1. The van der Waals surface area contributed by atoms with Gasteiger partial charge in [-0.2, -0.15) is 0 Å². The first kappa shape index (κ1) is 6.80. The zero-order valence-electron chi connectivity index (χ0n) is 6.26. The fraction of sp³-hybridized carbons (Fsp3) is 0.111. The van der Waals surface area contributed by atoms with E-state index in [9.17, 15) is 0 Å². The van der Waals surface area contributed by atoms with Crippen molar-refractivity contribution < 1.29 is 0 Å². The lowest BCUT2D eigenvalue weighted by atomic mass is 10.2. The molecule has 0 radical (unpaired) electrons. The maximum absolute atomic E-state index is 4.22. The second-order valence-corrected chi connectivity index (χ2v) is 3.23.